The summed E-state index contributed by atoms with van der Waals surface area (Å²) >= 11 is 6.02. The molecule has 0 aliphatic carbocycles. The topological polar surface area (TPSA) is 40.5 Å². The highest BCUT2D eigenvalue weighted by Gasteiger charge is 2.14. The van der Waals surface area contributed by atoms with E-state index in [0.717, 1.165) is 5.39 Å². The van der Waals surface area contributed by atoms with Crippen molar-refractivity contribution < 1.29 is 14.6 Å². The van der Waals surface area contributed by atoms with Crippen LogP contribution in [0.1, 0.15) is 0 Å². The highest BCUT2D eigenvalue weighted by atomic mass is 35.5. The lowest BCUT2D eigenvalue weighted by molar-refractivity contribution is 0.475. The fraction of sp³-hybridized carbons (Fsp3) is 0. The molecular weight excluding hydrogens is 279 g/mol. The average Bonchev–Trinajstić information content (AvgIpc) is 2.39. The Balaban J connectivity index is 2.32. The van der Waals surface area contributed by atoms with Gasteiger partial charge in [-0.15, -0.1) is 0 Å². The number of halogens is 2. The number of aromatic hydroxyl groups is 2. The number of phenolic OH excluding ortho intramolecular Hbond substituents is 2. The van der Waals surface area contributed by atoms with Crippen molar-refractivity contribution in [2.24, 2.45) is 0 Å². The molecule has 20 heavy (non-hydrogen) atoms. The summed E-state index contributed by atoms with van der Waals surface area (Å²) in [6.07, 6.45) is 0. The number of rotatable bonds is 1. The molecule has 0 spiro atoms. The molecule has 3 aromatic carbocycles. The minimum atomic E-state index is -0.495. The summed E-state index contributed by atoms with van der Waals surface area (Å²) in [5.74, 6) is -0.477. The quantitative estimate of drug-likeness (QED) is 0.681. The van der Waals surface area contributed by atoms with Gasteiger partial charge in [-0.05, 0) is 47.2 Å². The molecule has 0 saturated carbocycles. The molecule has 3 rings (SSSR count). The molecule has 4 heteroatoms. The van der Waals surface area contributed by atoms with Gasteiger partial charge < -0.3 is 10.2 Å². The first-order valence-electron chi connectivity index (χ1n) is 5.96. The number of phenols is 2. The van der Waals surface area contributed by atoms with E-state index in [0.29, 0.717) is 10.9 Å². The molecule has 100 valence electrons. The van der Waals surface area contributed by atoms with Crippen LogP contribution in [0.15, 0.2) is 48.5 Å². The van der Waals surface area contributed by atoms with Gasteiger partial charge in [0.2, 0.25) is 0 Å². The van der Waals surface area contributed by atoms with Crippen LogP contribution in [0.3, 0.4) is 0 Å². The lowest BCUT2D eigenvalue weighted by Crippen LogP contribution is -1.87. The lowest BCUT2D eigenvalue weighted by atomic mass is 9.99. The van der Waals surface area contributed by atoms with E-state index in [9.17, 15) is 14.6 Å². The summed E-state index contributed by atoms with van der Waals surface area (Å²) < 4.78 is 13.9. The van der Waals surface area contributed by atoms with Gasteiger partial charge in [-0.25, -0.2) is 4.39 Å². The summed E-state index contributed by atoms with van der Waals surface area (Å²) in [7, 11) is 0. The summed E-state index contributed by atoms with van der Waals surface area (Å²) in [5.41, 5.74) is 0.493. The van der Waals surface area contributed by atoms with E-state index in [1.807, 2.05) is 0 Å². The van der Waals surface area contributed by atoms with Crippen molar-refractivity contribution in [3.05, 3.63) is 59.4 Å². The summed E-state index contributed by atoms with van der Waals surface area (Å²) in [6, 6.07) is 12.3. The average molecular weight is 289 g/mol. The Morgan fingerprint density at radius 2 is 1.70 bits per heavy atom. The first kappa shape index (κ1) is 12.8. The second-order valence-electron chi connectivity index (χ2n) is 4.50. The number of benzene rings is 3. The molecule has 0 fully saturated rings. The zero-order valence-electron chi connectivity index (χ0n) is 10.3. The minimum absolute atomic E-state index is 0.0879. The van der Waals surface area contributed by atoms with Crippen molar-refractivity contribution in [1.29, 1.82) is 0 Å². The van der Waals surface area contributed by atoms with Crippen LogP contribution in [0, 0.1) is 5.82 Å². The van der Waals surface area contributed by atoms with Crippen LogP contribution in [0.5, 0.6) is 11.5 Å². The smallest absolute Gasteiger partial charge is 0.132 e. The van der Waals surface area contributed by atoms with E-state index in [1.165, 1.54) is 30.3 Å². The molecule has 0 aromatic heterocycles. The van der Waals surface area contributed by atoms with Crippen molar-refractivity contribution in [1.82, 2.24) is 0 Å². The summed E-state index contributed by atoms with van der Waals surface area (Å²) in [6.45, 7) is 0. The van der Waals surface area contributed by atoms with Gasteiger partial charge >= 0.3 is 0 Å². The van der Waals surface area contributed by atoms with Crippen LogP contribution in [-0.4, -0.2) is 10.2 Å². The zero-order chi connectivity index (χ0) is 14.3. The predicted octanol–water partition coefficient (Wildman–Crippen LogP) is 4.71. The maximum Gasteiger partial charge on any atom is 0.132 e. The fourth-order valence-corrected chi connectivity index (χ4v) is 2.49. The molecule has 2 N–H and O–H groups in total. The van der Waals surface area contributed by atoms with E-state index in [1.54, 1.807) is 18.2 Å². The fourth-order valence-electron chi connectivity index (χ4n) is 2.23. The maximum atomic E-state index is 13.9. The summed E-state index contributed by atoms with van der Waals surface area (Å²) in [5, 5.41) is 21.2. The van der Waals surface area contributed by atoms with Crippen molar-refractivity contribution in [3.8, 4) is 22.6 Å². The zero-order valence-corrected chi connectivity index (χ0v) is 11.0. The molecule has 0 aliphatic rings. The van der Waals surface area contributed by atoms with Gasteiger partial charge in [0.25, 0.3) is 0 Å². The minimum Gasteiger partial charge on any atom is -0.508 e. The first-order chi connectivity index (χ1) is 9.56. The Hall–Kier alpha value is -2.26. The SMILES string of the molecule is Oc1ccc2cc(-c3c(F)cccc3Cl)c(O)cc2c1. The van der Waals surface area contributed by atoms with E-state index in [2.05, 4.69) is 0 Å². The first-order valence-corrected chi connectivity index (χ1v) is 6.34. The number of fused-ring (bicyclic) bond motifs is 1. The van der Waals surface area contributed by atoms with Crippen LogP contribution in [0.25, 0.3) is 21.9 Å². The third-order valence-electron chi connectivity index (χ3n) is 3.17. The standard InChI is InChI=1S/C16H10ClFO2/c17-13-2-1-3-14(18)16(13)12-7-9-4-5-11(19)6-10(9)8-15(12)20/h1-8,19-20H. The maximum absolute atomic E-state index is 13.9. The van der Waals surface area contributed by atoms with Gasteiger partial charge in [0, 0.05) is 11.1 Å². The van der Waals surface area contributed by atoms with Gasteiger partial charge in [0.1, 0.15) is 17.3 Å². The molecule has 0 unspecified atom stereocenters. The van der Waals surface area contributed by atoms with Gasteiger partial charge in [0.15, 0.2) is 0 Å². The molecule has 3 aromatic rings. The van der Waals surface area contributed by atoms with E-state index >= 15 is 0 Å². The van der Waals surface area contributed by atoms with Gasteiger partial charge in [0.05, 0.1) is 5.02 Å². The van der Waals surface area contributed by atoms with Crippen LogP contribution >= 0.6 is 11.6 Å². The largest absolute Gasteiger partial charge is 0.508 e. The monoisotopic (exact) mass is 288 g/mol. The summed E-state index contributed by atoms with van der Waals surface area (Å²) in [4.78, 5) is 0. The van der Waals surface area contributed by atoms with Crippen LogP contribution < -0.4 is 0 Å². The van der Waals surface area contributed by atoms with Crippen molar-refractivity contribution in [2.75, 3.05) is 0 Å². The van der Waals surface area contributed by atoms with Crippen molar-refractivity contribution in [2.45, 2.75) is 0 Å². The van der Waals surface area contributed by atoms with E-state index < -0.39 is 5.82 Å². The van der Waals surface area contributed by atoms with E-state index in [-0.39, 0.29) is 22.1 Å². The van der Waals surface area contributed by atoms with Gasteiger partial charge in [-0.2, -0.15) is 0 Å². The van der Waals surface area contributed by atoms with E-state index in [4.69, 9.17) is 11.6 Å². The van der Waals surface area contributed by atoms with Crippen molar-refractivity contribution >= 4 is 22.4 Å². The van der Waals surface area contributed by atoms with Crippen LogP contribution in [0.4, 0.5) is 4.39 Å². The molecule has 2 nitrogen and oxygen atoms in total. The Morgan fingerprint density at radius 3 is 2.45 bits per heavy atom. The van der Waals surface area contributed by atoms with Crippen LogP contribution in [-0.2, 0) is 0 Å². The predicted molar refractivity (Wildman–Crippen MR) is 77.7 cm³/mol. The number of hydrogen-bond acceptors (Lipinski definition) is 2. The molecule has 0 bridgehead atoms. The molecule has 0 radical (unpaired) electrons. The Kier molecular flexibility index (Phi) is 2.99. The molecule has 0 aliphatic heterocycles. The Labute approximate surface area is 119 Å². The normalized spacial score (nSPS) is 10.9. The third kappa shape index (κ3) is 2.06. The molecule has 0 atom stereocenters. The van der Waals surface area contributed by atoms with Gasteiger partial charge in [-0.3, -0.25) is 0 Å². The highest BCUT2D eigenvalue weighted by Crippen LogP contribution is 2.39. The van der Waals surface area contributed by atoms with Crippen LogP contribution in [0.2, 0.25) is 5.02 Å². The van der Waals surface area contributed by atoms with Gasteiger partial charge in [-0.1, -0.05) is 23.7 Å². The third-order valence-corrected chi connectivity index (χ3v) is 3.49. The molecule has 0 heterocycles. The Bertz CT molecular complexity index is 795. The molecule has 0 amide bonds. The highest BCUT2D eigenvalue weighted by molar-refractivity contribution is 6.33. The molecular formula is C16H10ClFO2. The van der Waals surface area contributed by atoms with Crippen molar-refractivity contribution in [3.63, 3.8) is 0 Å². The molecule has 0 saturated heterocycles. The lowest BCUT2D eigenvalue weighted by Gasteiger charge is -2.10. The second kappa shape index (κ2) is 4.69. The second-order valence-corrected chi connectivity index (χ2v) is 4.90. The number of hydrogen-bond donors (Lipinski definition) is 2. The Morgan fingerprint density at radius 1 is 0.900 bits per heavy atom.